The summed E-state index contributed by atoms with van der Waals surface area (Å²) >= 11 is 0. The Kier molecular flexibility index (Phi) is 4.48. The van der Waals surface area contributed by atoms with E-state index >= 15 is 0 Å². The van der Waals surface area contributed by atoms with Crippen molar-refractivity contribution < 1.29 is 18.3 Å². The zero-order valence-corrected chi connectivity index (χ0v) is 16.8. The third kappa shape index (κ3) is 3.57. The second-order valence-electron chi connectivity index (χ2n) is 9.05. The average Bonchev–Trinajstić information content (AvgIpc) is 2.95. The van der Waals surface area contributed by atoms with Gasteiger partial charge in [0.2, 0.25) is 0 Å². The highest BCUT2D eigenvalue weighted by molar-refractivity contribution is 5.78. The zero-order chi connectivity index (χ0) is 21.1. The molecule has 0 amide bonds. The van der Waals surface area contributed by atoms with E-state index in [2.05, 4.69) is 10.2 Å². The lowest BCUT2D eigenvalue weighted by Crippen LogP contribution is -2.18. The number of rotatable bonds is 1. The second-order valence-corrected chi connectivity index (χ2v) is 9.05. The minimum atomic E-state index is -4.54. The van der Waals surface area contributed by atoms with E-state index in [0.29, 0.717) is 5.56 Å². The van der Waals surface area contributed by atoms with Crippen LogP contribution >= 0.6 is 0 Å². The van der Waals surface area contributed by atoms with Crippen LogP contribution in [0.4, 0.5) is 13.2 Å². The molecule has 0 aliphatic carbocycles. The van der Waals surface area contributed by atoms with Crippen molar-refractivity contribution in [3.05, 3.63) is 47.0 Å². The van der Waals surface area contributed by atoms with Crippen LogP contribution in [0.2, 0.25) is 0 Å². The van der Waals surface area contributed by atoms with Crippen LogP contribution in [-0.4, -0.2) is 20.1 Å². The summed E-state index contributed by atoms with van der Waals surface area (Å²) in [6, 6.07) is 7.42. The first-order valence-corrected chi connectivity index (χ1v) is 9.01. The molecule has 0 saturated carbocycles. The van der Waals surface area contributed by atoms with Crippen LogP contribution in [0.5, 0.6) is 5.75 Å². The van der Waals surface area contributed by atoms with E-state index in [1.807, 2.05) is 47.6 Å². The van der Waals surface area contributed by atoms with Gasteiger partial charge < -0.3 is 5.11 Å². The number of halogens is 3. The van der Waals surface area contributed by atoms with E-state index in [0.717, 1.165) is 16.4 Å². The van der Waals surface area contributed by atoms with Crippen LogP contribution in [-0.2, 0) is 17.0 Å². The van der Waals surface area contributed by atoms with Gasteiger partial charge in [0.1, 0.15) is 22.5 Å². The molecule has 0 unspecified atom stereocenters. The zero-order valence-electron chi connectivity index (χ0n) is 16.8. The summed E-state index contributed by atoms with van der Waals surface area (Å²) in [7, 11) is 0. The number of phenolic OH excluding ortho intramolecular Hbond substituents is 1. The number of aromatic hydroxyl groups is 1. The Morgan fingerprint density at radius 2 is 1.50 bits per heavy atom. The number of benzene rings is 2. The Morgan fingerprint density at radius 3 is 2.04 bits per heavy atom. The van der Waals surface area contributed by atoms with E-state index < -0.39 is 11.7 Å². The van der Waals surface area contributed by atoms with Crippen LogP contribution in [0, 0.1) is 0 Å². The molecular weight excluding hydrogens is 367 g/mol. The Bertz CT molecular complexity index is 1040. The van der Waals surface area contributed by atoms with Gasteiger partial charge in [0.05, 0.1) is 5.56 Å². The van der Waals surface area contributed by atoms with Crippen LogP contribution in [0.1, 0.15) is 58.2 Å². The molecule has 0 aliphatic rings. The number of aromatic nitrogens is 3. The fraction of sp³-hybridized carbons (Fsp3) is 0.429. The van der Waals surface area contributed by atoms with E-state index in [1.54, 1.807) is 6.07 Å². The van der Waals surface area contributed by atoms with E-state index in [4.69, 9.17) is 0 Å². The first kappa shape index (κ1) is 20.2. The minimum Gasteiger partial charge on any atom is -0.505 e. The summed E-state index contributed by atoms with van der Waals surface area (Å²) in [4.78, 5) is 1.10. The molecule has 28 heavy (non-hydrogen) atoms. The number of hydrogen-bond donors (Lipinski definition) is 1. The monoisotopic (exact) mass is 391 g/mol. The van der Waals surface area contributed by atoms with Crippen molar-refractivity contribution in [2.45, 2.75) is 58.5 Å². The molecule has 4 nitrogen and oxygen atoms in total. The predicted octanol–water partition coefficient (Wildman–Crippen LogP) is 5.74. The highest BCUT2D eigenvalue weighted by atomic mass is 19.4. The lowest BCUT2D eigenvalue weighted by atomic mass is 9.80. The summed E-state index contributed by atoms with van der Waals surface area (Å²) in [5.41, 5.74) is 0.312. The summed E-state index contributed by atoms with van der Waals surface area (Å²) in [6.07, 6.45) is -4.54. The number of phenols is 1. The molecule has 150 valence electrons. The summed E-state index contributed by atoms with van der Waals surface area (Å²) in [5.74, 6) is -0.0330. The van der Waals surface area contributed by atoms with Gasteiger partial charge in [-0.2, -0.15) is 13.2 Å². The lowest BCUT2D eigenvalue weighted by Gasteiger charge is -2.27. The SMILES string of the molecule is CC(C)(C)c1cc(-n2nc3cccc(C(F)(F)F)c3n2)c(O)c(C(C)(C)C)c1. The molecule has 0 radical (unpaired) electrons. The number of hydrogen-bond acceptors (Lipinski definition) is 3. The molecule has 3 aromatic rings. The van der Waals surface area contributed by atoms with Crippen LogP contribution in [0.3, 0.4) is 0 Å². The molecule has 3 rings (SSSR count). The van der Waals surface area contributed by atoms with Crippen molar-refractivity contribution in [2.24, 2.45) is 0 Å². The molecule has 2 aromatic carbocycles. The average molecular weight is 391 g/mol. The quantitative estimate of drug-likeness (QED) is 0.575. The fourth-order valence-electron chi connectivity index (χ4n) is 3.05. The molecule has 1 N–H and O–H groups in total. The Labute approximate surface area is 162 Å². The number of alkyl halides is 3. The molecule has 0 fully saturated rings. The highest BCUT2D eigenvalue weighted by Crippen LogP contribution is 2.40. The first-order valence-electron chi connectivity index (χ1n) is 9.01. The van der Waals surface area contributed by atoms with Gasteiger partial charge >= 0.3 is 6.18 Å². The normalized spacial score (nSPS) is 13.3. The van der Waals surface area contributed by atoms with Gasteiger partial charge in [-0.3, -0.25) is 0 Å². The molecule has 0 aliphatic heterocycles. The van der Waals surface area contributed by atoms with Crippen molar-refractivity contribution in [1.82, 2.24) is 15.0 Å². The van der Waals surface area contributed by atoms with Crippen molar-refractivity contribution in [3.63, 3.8) is 0 Å². The molecule has 0 atom stereocenters. The van der Waals surface area contributed by atoms with E-state index in [1.165, 1.54) is 12.1 Å². The number of fused-ring (bicyclic) bond motifs is 1. The van der Waals surface area contributed by atoms with Crippen LogP contribution in [0.15, 0.2) is 30.3 Å². The van der Waals surface area contributed by atoms with Crippen molar-refractivity contribution in [2.75, 3.05) is 0 Å². The third-order valence-electron chi connectivity index (χ3n) is 4.70. The molecule has 0 bridgehead atoms. The van der Waals surface area contributed by atoms with Crippen molar-refractivity contribution >= 4 is 11.0 Å². The molecular formula is C21H24F3N3O. The maximum atomic E-state index is 13.3. The second kappa shape index (κ2) is 6.22. The molecule has 0 saturated heterocycles. The largest absolute Gasteiger partial charge is 0.505 e. The summed E-state index contributed by atoms with van der Waals surface area (Å²) < 4.78 is 40.0. The van der Waals surface area contributed by atoms with E-state index in [-0.39, 0.29) is 33.3 Å². The maximum absolute atomic E-state index is 13.3. The summed E-state index contributed by atoms with van der Waals surface area (Å²) in [6.45, 7) is 12.0. The Hall–Kier alpha value is -2.57. The first-order chi connectivity index (χ1) is 12.7. The third-order valence-corrected chi connectivity index (χ3v) is 4.70. The summed E-state index contributed by atoms with van der Waals surface area (Å²) in [5, 5.41) is 19.2. The fourth-order valence-corrected chi connectivity index (χ4v) is 3.05. The molecule has 1 aromatic heterocycles. The predicted molar refractivity (Wildman–Crippen MR) is 103 cm³/mol. The van der Waals surface area contributed by atoms with Gasteiger partial charge in [0.25, 0.3) is 0 Å². The molecule has 1 heterocycles. The van der Waals surface area contributed by atoms with Gasteiger partial charge in [-0.05, 0) is 34.6 Å². The minimum absolute atomic E-state index is 0.0330. The maximum Gasteiger partial charge on any atom is 0.418 e. The molecule has 7 heteroatoms. The van der Waals surface area contributed by atoms with E-state index in [9.17, 15) is 18.3 Å². The van der Waals surface area contributed by atoms with Crippen LogP contribution < -0.4 is 0 Å². The van der Waals surface area contributed by atoms with Crippen LogP contribution in [0.25, 0.3) is 16.7 Å². The van der Waals surface area contributed by atoms with Gasteiger partial charge in [-0.1, -0.05) is 53.7 Å². The lowest BCUT2D eigenvalue weighted by molar-refractivity contribution is -0.136. The smallest absolute Gasteiger partial charge is 0.418 e. The van der Waals surface area contributed by atoms with Gasteiger partial charge in [-0.15, -0.1) is 15.0 Å². The Balaban J connectivity index is 2.32. The van der Waals surface area contributed by atoms with Gasteiger partial charge in [0.15, 0.2) is 0 Å². The van der Waals surface area contributed by atoms with Crippen molar-refractivity contribution in [3.8, 4) is 11.4 Å². The van der Waals surface area contributed by atoms with Gasteiger partial charge in [-0.25, -0.2) is 0 Å². The standard InChI is InChI=1S/C21H24F3N3O/c1-19(2,3)12-10-14(20(4,5)6)18(28)16(11-12)27-25-15-9-7-8-13(17(15)26-27)21(22,23)24/h7-11,28H,1-6H3. The Morgan fingerprint density at radius 1 is 0.857 bits per heavy atom. The van der Waals surface area contributed by atoms with Crippen molar-refractivity contribution in [1.29, 1.82) is 0 Å². The highest BCUT2D eigenvalue weighted by Gasteiger charge is 2.34. The topological polar surface area (TPSA) is 50.9 Å². The molecule has 0 spiro atoms. The van der Waals surface area contributed by atoms with Gasteiger partial charge in [0, 0.05) is 5.56 Å². The number of nitrogens with zero attached hydrogens (tertiary/aromatic N) is 3.